The zero-order chi connectivity index (χ0) is 12.1. The number of rotatable bonds is 3. The van der Waals surface area contributed by atoms with Gasteiger partial charge >= 0.3 is 0 Å². The van der Waals surface area contributed by atoms with Crippen LogP contribution in [-0.2, 0) is 6.54 Å². The minimum absolute atomic E-state index is 0.541. The molecule has 1 unspecified atom stereocenters. The molecular weight excluding hydrogens is 232 g/mol. The van der Waals surface area contributed by atoms with E-state index in [0.29, 0.717) is 6.04 Å². The SMILES string of the molecule is Cc1cncc(CN2CCCCCC2CCl)c1. The van der Waals surface area contributed by atoms with Crippen LogP contribution in [0.4, 0.5) is 0 Å². The minimum atomic E-state index is 0.541. The van der Waals surface area contributed by atoms with Gasteiger partial charge in [-0.15, -0.1) is 11.6 Å². The Bertz CT molecular complexity index is 354. The third-order valence-electron chi connectivity index (χ3n) is 3.49. The van der Waals surface area contributed by atoms with Gasteiger partial charge in [-0.2, -0.15) is 0 Å². The molecule has 2 heterocycles. The maximum absolute atomic E-state index is 6.09. The van der Waals surface area contributed by atoms with Crippen molar-refractivity contribution in [3.63, 3.8) is 0 Å². The van der Waals surface area contributed by atoms with Crippen molar-refractivity contribution >= 4 is 11.6 Å². The molecule has 0 amide bonds. The fourth-order valence-corrected chi connectivity index (χ4v) is 2.91. The van der Waals surface area contributed by atoms with Gasteiger partial charge in [0.25, 0.3) is 0 Å². The summed E-state index contributed by atoms with van der Waals surface area (Å²) in [5.74, 6) is 0.749. The Labute approximate surface area is 109 Å². The van der Waals surface area contributed by atoms with Crippen molar-refractivity contribution in [2.24, 2.45) is 0 Å². The third kappa shape index (κ3) is 3.68. The highest BCUT2D eigenvalue weighted by atomic mass is 35.5. The second-order valence-corrected chi connectivity index (χ2v) is 5.31. The largest absolute Gasteiger partial charge is 0.295 e. The Balaban J connectivity index is 2.04. The van der Waals surface area contributed by atoms with Crippen molar-refractivity contribution in [2.45, 2.75) is 45.2 Å². The van der Waals surface area contributed by atoms with Crippen molar-refractivity contribution in [3.05, 3.63) is 29.6 Å². The van der Waals surface area contributed by atoms with E-state index in [1.807, 2.05) is 12.4 Å². The van der Waals surface area contributed by atoms with Crippen molar-refractivity contribution in [1.82, 2.24) is 9.88 Å². The van der Waals surface area contributed by atoms with Gasteiger partial charge in [0.15, 0.2) is 0 Å². The van der Waals surface area contributed by atoms with E-state index >= 15 is 0 Å². The number of likely N-dealkylation sites (tertiary alicyclic amines) is 1. The molecule has 0 aromatic carbocycles. The molecule has 17 heavy (non-hydrogen) atoms. The summed E-state index contributed by atoms with van der Waals surface area (Å²) < 4.78 is 0. The van der Waals surface area contributed by atoms with Crippen LogP contribution in [0.15, 0.2) is 18.5 Å². The first-order chi connectivity index (χ1) is 8.29. The maximum atomic E-state index is 6.09. The Hall–Kier alpha value is -0.600. The summed E-state index contributed by atoms with van der Waals surface area (Å²) in [6.45, 7) is 4.26. The molecule has 1 aliphatic rings. The number of halogens is 1. The first kappa shape index (κ1) is 12.8. The summed E-state index contributed by atoms with van der Waals surface area (Å²) in [6, 6.07) is 2.77. The van der Waals surface area contributed by atoms with Gasteiger partial charge in [0.05, 0.1) is 0 Å². The predicted molar refractivity (Wildman–Crippen MR) is 72.4 cm³/mol. The number of aromatic nitrogens is 1. The second kappa shape index (κ2) is 6.36. The highest BCUT2D eigenvalue weighted by Gasteiger charge is 2.20. The highest BCUT2D eigenvalue weighted by Crippen LogP contribution is 2.20. The molecule has 1 atom stereocenters. The quantitative estimate of drug-likeness (QED) is 0.767. The Morgan fingerprint density at radius 2 is 2.24 bits per heavy atom. The third-order valence-corrected chi connectivity index (χ3v) is 3.85. The lowest BCUT2D eigenvalue weighted by molar-refractivity contribution is 0.207. The summed E-state index contributed by atoms with van der Waals surface area (Å²) in [5, 5.41) is 0. The van der Waals surface area contributed by atoms with Crippen LogP contribution >= 0.6 is 11.6 Å². The van der Waals surface area contributed by atoms with Gasteiger partial charge in [0.2, 0.25) is 0 Å². The van der Waals surface area contributed by atoms with Gasteiger partial charge in [-0.05, 0) is 37.4 Å². The van der Waals surface area contributed by atoms with Crippen LogP contribution in [0, 0.1) is 6.92 Å². The van der Waals surface area contributed by atoms with E-state index in [2.05, 4.69) is 22.9 Å². The fraction of sp³-hybridized carbons (Fsp3) is 0.643. The Kier molecular flexibility index (Phi) is 4.81. The lowest BCUT2D eigenvalue weighted by atomic mass is 10.1. The minimum Gasteiger partial charge on any atom is -0.295 e. The molecular formula is C14H21ClN2. The molecule has 1 aliphatic heterocycles. The number of hydrogen-bond acceptors (Lipinski definition) is 2. The molecule has 0 saturated carbocycles. The Morgan fingerprint density at radius 3 is 3.00 bits per heavy atom. The molecule has 1 fully saturated rings. The molecule has 2 rings (SSSR count). The summed E-state index contributed by atoms with van der Waals surface area (Å²) in [6.07, 6.45) is 9.08. The van der Waals surface area contributed by atoms with Crippen LogP contribution in [0.25, 0.3) is 0 Å². The van der Waals surface area contributed by atoms with Gasteiger partial charge in [0, 0.05) is 30.9 Å². The lowest BCUT2D eigenvalue weighted by Gasteiger charge is -2.28. The van der Waals surface area contributed by atoms with E-state index in [9.17, 15) is 0 Å². The topological polar surface area (TPSA) is 16.1 Å². The van der Waals surface area contributed by atoms with Gasteiger partial charge < -0.3 is 0 Å². The lowest BCUT2D eigenvalue weighted by Crippen LogP contribution is -2.35. The van der Waals surface area contributed by atoms with Crippen LogP contribution < -0.4 is 0 Å². The number of alkyl halides is 1. The number of hydrogen-bond donors (Lipinski definition) is 0. The summed E-state index contributed by atoms with van der Waals surface area (Å²) in [5.41, 5.74) is 2.54. The molecule has 1 aromatic heterocycles. The van der Waals surface area contributed by atoms with Crippen LogP contribution in [0.1, 0.15) is 36.8 Å². The summed E-state index contributed by atoms with van der Waals surface area (Å²) >= 11 is 6.09. The molecule has 0 radical (unpaired) electrons. The van der Waals surface area contributed by atoms with Crippen LogP contribution in [-0.4, -0.2) is 28.4 Å². The summed E-state index contributed by atoms with van der Waals surface area (Å²) in [7, 11) is 0. The average molecular weight is 253 g/mol. The maximum Gasteiger partial charge on any atom is 0.0379 e. The van der Waals surface area contributed by atoms with Gasteiger partial charge in [-0.25, -0.2) is 0 Å². The zero-order valence-electron chi connectivity index (χ0n) is 10.5. The number of aryl methyl sites for hydroxylation is 1. The molecule has 1 saturated heterocycles. The van der Waals surface area contributed by atoms with Crippen molar-refractivity contribution < 1.29 is 0 Å². The van der Waals surface area contributed by atoms with Gasteiger partial charge in [-0.1, -0.05) is 18.9 Å². The molecule has 1 aromatic rings. The normalized spacial score (nSPS) is 22.4. The second-order valence-electron chi connectivity index (χ2n) is 5.00. The number of pyridine rings is 1. The van der Waals surface area contributed by atoms with E-state index in [0.717, 1.165) is 12.4 Å². The van der Waals surface area contributed by atoms with Gasteiger partial charge in [0.1, 0.15) is 0 Å². The first-order valence-electron chi connectivity index (χ1n) is 6.50. The number of nitrogens with zero attached hydrogens (tertiary/aromatic N) is 2. The fourth-order valence-electron chi connectivity index (χ4n) is 2.56. The van der Waals surface area contributed by atoms with Crippen molar-refractivity contribution in [3.8, 4) is 0 Å². The molecule has 2 nitrogen and oxygen atoms in total. The van der Waals surface area contributed by atoms with E-state index in [-0.39, 0.29) is 0 Å². The molecule has 3 heteroatoms. The molecule has 0 N–H and O–H groups in total. The monoisotopic (exact) mass is 252 g/mol. The van der Waals surface area contributed by atoms with Crippen molar-refractivity contribution in [1.29, 1.82) is 0 Å². The smallest absolute Gasteiger partial charge is 0.0379 e. The molecule has 0 spiro atoms. The van der Waals surface area contributed by atoms with Crippen LogP contribution in [0.3, 0.4) is 0 Å². The van der Waals surface area contributed by atoms with E-state index in [1.165, 1.54) is 43.4 Å². The summed E-state index contributed by atoms with van der Waals surface area (Å²) in [4.78, 5) is 6.79. The standard InChI is InChI=1S/C14H21ClN2/c1-12-7-13(10-16-9-12)11-17-6-4-2-3-5-14(17)8-15/h7,9-10,14H,2-6,8,11H2,1H3. The van der Waals surface area contributed by atoms with Crippen LogP contribution in [0.2, 0.25) is 0 Å². The highest BCUT2D eigenvalue weighted by molar-refractivity contribution is 6.18. The molecule has 94 valence electrons. The van der Waals surface area contributed by atoms with Gasteiger partial charge in [-0.3, -0.25) is 9.88 Å². The molecule has 0 aliphatic carbocycles. The predicted octanol–water partition coefficient (Wildman–Crippen LogP) is 3.37. The molecule has 0 bridgehead atoms. The van der Waals surface area contributed by atoms with E-state index in [1.54, 1.807) is 0 Å². The average Bonchev–Trinajstić information content (AvgIpc) is 2.54. The van der Waals surface area contributed by atoms with E-state index in [4.69, 9.17) is 11.6 Å². The zero-order valence-corrected chi connectivity index (χ0v) is 11.3. The van der Waals surface area contributed by atoms with Crippen molar-refractivity contribution in [2.75, 3.05) is 12.4 Å². The first-order valence-corrected chi connectivity index (χ1v) is 7.03. The van der Waals surface area contributed by atoms with Crippen LogP contribution in [0.5, 0.6) is 0 Å². The Morgan fingerprint density at radius 1 is 1.35 bits per heavy atom. The van der Waals surface area contributed by atoms with E-state index < -0.39 is 0 Å².